The summed E-state index contributed by atoms with van der Waals surface area (Å²) in [6.45, 7) is 7.19. The van der Waals surface area contributed by atoms with Crippen LogP contribution in [-0.4, -0.2) is 65.9 Å². The second kappa shape index (κ2) is 16.1. The second-order valence-corrected chi connectivity index (χ2v) is 10.3. The number of benzene rings is 2. The summed E-state index contributed by atoms with van der Waals surface area (Å²) in [4.78, 5) is 40.4. The number of dihydropyridines is 1. The van der Waals surface area contributed by atoms with Crippen molar-refractivity contribution >= 4 is 30.5 Å². The third-order valence-electron chi connectivity index (χ3n) is 7.98. The average molecular weight is 601 g/mol. The van der Waals surface area contributed by atoms with Gasteiger partial charge in [-0.15, -0.1) is 12.4 Å². The minimum absolute atomic E-state index is 0. The van der Waals surface area contributed by atoms with Gasteiger partial charge in [0.1, 0.15) is 0 Å². The smallest absolute Gasteiger partial charge is 0.336 e. The Hall–Kier alpha value is -3.73. The van der Waals surface area contributed by atoms with Crippen LogP contribution in [0.1, 0.15) is 62.5 Å². The van der Waals surface area contributed by atoms with Crippen LogP contribution in [0.4, 0.5) is 5.69 Å². The molecule has 0 aliphatic carbocycles. The van der Waals surface area contributed by atoms with E-state index in [2.05, 4.69) is 40.5 Å². The zero-order valence-corrected chi connectivity index (χ0v) is 25.2. The summed E-state index contributed by atoms with van der Waals surface area (Å²) >= 11 is 0. The zero-order chi connectivity index (χ0) is 28.6. The van der Waals surface area contributed by atoms with Crippen LogP contribution in [0.15, 0.2) is 77.3 Å². The number of ether oxygens (including phenoxy) is 1. The zero-order valence-electron chi connectivity index (χ0n) is 24.4. The number of nitro benzene ring substituents is 1. The first-order valence-electron chi connectivity index (χ1n) is 13.9. The molecule has 0 aromatic heterocycles. The van der Waals surface area contributed by atoms with Crippen LogP contribution in [0.5, 0.6) is 0 Å². The summed E-state index contributed by atoms with van der Waals surface area (Å²) in [5.74, 6) is -0.520. The average Bonchev–Trinajstić information content (AvgIpc) is 2.99. The first-order chi connectivity index (χ1) is 19.4. The minimum atomic E-state index is -0.601. The Labute approximate surface area is 253 Å². The molecule has 2 aliphatic heterocycles. The quantitative estimate of drug-likeness (QED) is 0.171. The summed E-state index contributed by atoms with van der Waals surface area (Å²) < 4.78 is 5.12. The Kier molecular flexibility index (Phi) is 13.2. The Morgan fingerprint density at radius 3 is 2.31 bits per heavy atom. The highest BCUT2D eigenvalue weighted by Gasteiger charge is 2.37. The molecular formula is C31H41ClN4O6. The van der Waals surface area contributed by atoms with Crippen LogP contribution < -0.4 is 5.32 Å². The molecule has 42 heavy (non-hydrogen) atoms. The number of halogens is 1. The van der Waals surface area contributed by atoms with Gasteiger partial charge in [0.05, 0.1) is 29.2 Å². The minimum Gasteiger partial charge on any atom is -0.466 e. The number of methoxy groups -OCH3 is 1. The number of rotatable bonds is 11. The molecule has 11 heteroatoms. The number of non-ortho nitro benzene ring substituents is 1. The number of hydrogen-bond donors (Lipinski definition) is 1. The number of piperidine rings is 1. The van der Waals surface area contributed by atoms with Crippen LogP contribution in [0.3, 0.4) is 0 Å². The highest BCUT2D eigenvalue weighted by atomic mass is 35.5. The van der Waals surface area contributed by atoms with Crippen LogP contribution >= 0.6 is 12.4 Å². The van der Waals surface area contributed by atoms with Gasteiger partial charge in [-0.1, -0.05) is 49.4 Å². The largest absolute Gasteiger partial charge is 0.466 e. The van der Waals surface area contributed by atoms with Crippen molar-refractivity contribution in [3.05, 3.63) is 98.5 Å². The molecule has 1 unspecified atom stereocenters. The van der Waals surface area contributed by atoms with E-state index in [9.17, 15) is 19.7 Å². The lowest BCUT2D eigenvalue weighted by molar-refractivity contribution is -0.384. The molecule has 2 heterocycles. The number of nitrogens with zero attached hydrogens (tertiary/aromatic N) is 3. The number of likely N-dealkylation sites (tertiary alicyclic amines) is 1. The molecule has 0 spiro atoms. The standard InChI is InChI=1S/C31H38N4O5.ClH.H2O/c1-4-27-30(29(28(22(2)32-27)31(37)40-3)25-11-13-26(14-12-25)35(38)39)34(21-36)18-8-17-33-19-15-24(16-20-33)23-9-6-5-7-10-23;;/h5-7,9-14,21,24,29,32H,4,8,15-20H2,1-3H3;1H;1H2. The molecule has 1 fully saturated rings. The van der Waals surface area contributed by atoms with E-state index in [0.29, 0.717) is 41.4 Å². The van der Waals surface area contributed by atoms with Gasteiger partial charge in [0.15, 0.2) is 0 Å². The third kappa shape index (κ3) is 7.76. The van der Waals surface area contributed by atoms with E-state index >= 15 is 0 Å². The van der Waals surface area contributed by atoms with Crippen molar-refractivity contribution in [1.29, 1.82) is 0 Å². The number of esters is 1. The van der Waals surface area contributed by atoms with Crippen LogP contribution in [0, 0.1) is 10.1 Å². The fraction of sp³-hybridized carbons (Fsp3) is 0.419. The summed E-state index contributed by atoms with van der Waals surface area (Å²) in [5, 5.41) is 14.6. The first-order valence-corrected chi connectivity index (χ1v) is 13.9. The molecule has 228 valence electrons. The molecule has 2 aromatic carbocycles. The molecule has 10 nitrogen and oxygen atoms in total. The van der Waals surface area contributed by atoms with Crippen molar-refractivity contribution in [1.82, 2.24) is 15.1 Å². The van der Waals surface area contributed by atoms with E-state index in [0.717, 1.165) is 51.0 Å². The highest BCUT2D eigenvalue weighted by Crippen LogP contribution is 2.41. The predicted octanol–water partition coefficient (Wildman–Crippen LogP) is 4.68. The molecule has 1 saturated heterocycles. The lowest BCUT2D eigenvalue weighted by Gasteiger charge is -2.37. The number of allylic oxidation sites excluding steroid dienone is 3. The molecular weight excluding hydrogens is 560 g/mol. The summed E-state index contributed by atoms with van der Waals surface area (Å²) in [6, 6.07) is 16.8. The van der Waals surface area contributed by atoms with Crippen molar-refractivity contribution in [3.63, 3.8) is 0 Å². The van der Waals surface area contributed by atoms with Crippen LogP contribution in [-0.2, 0) is 14.3 Å². The van der Waals surface area contributed by atoms with E-state index < -0.39 is 16.8 Å². The number of nitrogens with one attached hydrogen (secondary N) is 1. The lowest BCUT2D eigenvalue weighted by Crippen LogP contribution is -2.39. The third-order valence-corrected chi connectivity index (χ3v) is 7.98. The molecule has 3 N–H and O–H groups in total. The topological polar surface area (TPSA) is 137 Å². The van der Waals surface area contributed by atoms with Crippen molar-refractivity contribution in [2.24, 2.45) is 0 Å². The van der Waals surface area contributed by atoms with Gasteiger partial charge in [-0.3, -0.25) is 14.9 Å². The summed E-state index contributed by atoms with van der Waals surface area (Å²) in [7, 11) is 1.33. The van der Waals surface area contributed by atoms with Gasteiger partial charge < -0.3 is 25.3 Å². The Morgan fingerprint density at radius 1 is 1.12 bits per heavy atom. The van der Waals surface area contributed by atoms with E-state index in [-0.39, 0.29) is 23.6 Å². The Bertz CT molecular complexity index is 1270. The first kappa shape index (κ1) is 34.5. The van der Waals surface area contributed by atoms with E-state index in [4.69, 9.17) is 4.74 Å². The fourth-order valence-corrected chi connectivity index (χ4v) is 5.90. The van der Waals surface area contributed by atoms with Gasteiger partial charge in [-0.2, -0.15) is 0 Å². The SMILES string of the molecule is CCC1=C(N(C=O)CCCN2CCC(c3ccccc3)CC2)C(c2ccc([N+](=O)[O-])cc2)C(C(=O)OC)=C(C)N1.Cl.O. The number of carbonyl (C=O) groups excluding carboxylic acids is 2. The number of carbonyl (C=O) groups is 2. The molecule has 0 saturated carbocycles. The van der Waals surface area contributed by atoms with Crippen LogP contribution in [0.25, 0.3) is 0 Å². The maximum Gasteiger partial charge on any atom is 0.336 e. The molecule has 2 aliphatic rings. The van der Waals surface area contributed by atoms with E-state index in [1.165, 1.54) is 24.8 Å². The van der Waals surface area contributed by atoms with E-state index in [1.54, 1.807) is 24.0 Å². The number of nitro groups is 1. The molecule has 1 amide bonds. The summed E-state index contributed by atoms with van der Waals surface area (Å²) in [6.07, 6.45) is 4.44. The Balaban J connectivity index is 0.00000308. The van der Waals surface area contributed by atoms with Gasteiger partial charge in [0.2, 0.25) is 6.41 Å². The van der Waals surface area contributed by atoms with Gasteiger partial charge in [-0.25, -0.2) is 4.79 Å². The van der Waals surface area contributed by atoms with Gasteiger partial charge >= 0.3 is 5.97 Å². The molecule has 0 bridgehead atoms. The maximum atomic E-state index is 13.0. The Morgan fingerprint density at radius 2 is 1.76 bits per heavy atom. The lowest BCUT2D eigenvalue weighted by atomic mass is 9.82. The molecule has 1 atom stereocenters. The van der Waals surface area contributed by atoms with Crippen molar-refractivity contribution < 1.29 is 24.7 Å². The summed E-state index contributed by atoms with van der Waals surface area (Å²) in [5.41, 5.74) is 4.59. The molecule has 0 radical (unpaired) electrons. The normalized spacial score (nSPS) is 17.5. The monoisotopic (exact) mass is 600 g/mol. The fourth-order valence-electron chi connectivity index (χ4n) is 5.90. The number of hydrogen-bond acceptors (Lipinski definition) is 7. The molecule has 2 aromatic rings. The van der Waals surface area contributed by atoms with Gasteiger partial charge in [0, 0.05) is 30.1 Å². The molecule has 4 rings (SSSR count). The van der Waals surface area contributed by atoms with Crippen molar-refractivity contribution in [2.75, 3.05) is 33.3 Å². The van der Waals surface area contributed by atoms with Gasteiger partial charge in [-0.05, 0) is 69.3 Å². The predicted molar refractivity (Wildman–Crippen MR) is 164 cm³/mol. The second-order valence-electron chi connectivity index (χ2n) is 10.3. The maximum absolute atomic E-state index is 13.0. The highest BCUT2D eigenvalue weighted by molar-refractivity contribution is 5.92. The number of amides is 1. The van der Waals surface area contributed by atoms with Crippen LogP contribution in [0.2, 0.25) is 0 Å². The van der Waals surface area contributed by atoms with Crippen molar-refractivity contribution in [3.8, 4) is 0 Å². The van der Waals surface area contributed by atoms with Gasteiger partial charge in [0.25, 0.3) is 5.69 Å². The van der Waals surface area contributed by atoms with E-state index in [1.807, 2.05) is 6.92 Å². The van der Waals surface area contributed by atoms with Crippen molar-refractivity contribution in [2.45, 2.75) is 51.4 Å².